The Labute approximate surface area is 144 Å². The van der Waals surface area contributed by atoms with Gasteiger partial charge in [0, 0.05) is 5.56 Å². The molecule has 2 aliphatic rings. The number of nitrogens with zero attached hydrogens (tertiary/aromatic N) is 1. The molecule has 2 amide bonds. The van der Waals surface area contributed by atoms with Gasteiger partial charge in [0.2, 0.25) is 0 Å². The molecule has 6 nitrogen and oxygen atoms in total. The maximum absolute atomic E-state index is 12.3. The third kappa shape index (κ3) is 2.74. The average Bonchev–Trinajstić information content (AvgIpc) is 3.14. The van der Waals surface area contributed by atoms with Crippen molar-refractivity contribution in [1.82, 2.24) is 5.06 Å². The molecule has 0 aliphatic carbocycles. The first-order chi connectivity index (χ1) is 12.1. The number of imide groups is 1. The molecule has 2 aromatic rings. The third-order valence-corrected chi connectivity index (χ3v) is 4.38. The number of hydrogen-bond acceptors (Lipinski definition) is 5. The molecule has 0 bridgehead atoms. The van der Waals surface area contributed by atoms with Crippen molar-refractivity contribution < 1.29 is 23.9 Å². The number of benzene rings is 2. The summed E-state index contributed by atoms with van der Waals surface area (Å²) in [7, 11) is 0. The lowest BCUT2D eigenvalue weighted by Crippen LogP contribution is -2.34. The molecule has 0 spiro atoms. The van der Waals surface area contributed by atoms with E-state index in [4.69, 9.17) is 14.3 Å². The normalized spacial score (nSPS) is 25.5. The maximum Gasteiger partial charge on any atom is 0.285 e. The van der Waals surface area contributed by atoms with Crippen molar-refractivity contribution in [2.24, 2.45) is 0 Å². The minimum Gasteiger partial charge on any atom is -0.343 e. The SMILES string of the molecule is CC1(c2ccccc2)OCC(CON2C(=O)c3ccccc3C2=O)O1. The minimum atomic E-state index is -0.864. The Morgan fingerprint density at radius 2 is 1.64 bits per heavy atom. The Bertz CT molecular complexity index is 787. The first-order valence-corrected chi connectivity index (χ1v) is 8.06. The summed E-state index contributed by atoms with van der Waals surface area (Å²) in [6, 6.07) is 16.2. The number of rotatable bonds is 4. The molecule has 2 aliphatic heterocycles. The molecule has 2 atom stereocenters. The Morgan fingerprint density at radius 3 is 2.28 bits per heavy atom. The highest BCUT2D eigenvalue weighted by Crippen LogP contribution is 2.34. The molecule has 128 valence electrons. The van der Waals surface area contributed by atoms with Gasteiger partial charge < -0.3 is 9.47 Å². The van der Waals surface area contributed by atoms with Gasteiger partial charge in [-0.25, -0.2) is 0 Å². The van der Waals surface area contributed by atoms with Crippen molar-refractivity contribution in [3.05, 3.63) is 71.3 Å². The molecule has 6 heteroatoms. The Kier molecular flexibility index (Phi) is 3.88. The van der Waals surface area contributed by atoms with Gasteiger partial charge in [-0.3, -0.25) is 14.4 Å². The molecule has 0 N–H and O–H groups in total. The number of hydroxylamine groups is 2. The lowest BCUT2D eigenvalue weighted by atomic mass is 10.1. The third-order valence-electron chi connectivity index (χ3n) is 4.38. The van der Waals surface area contributed by atoms with Crippen LogP contribution in [0.3, 0.4) is 0 Å². The highest BCUT2D eigenvalue weighted by molar-refractivity contribution is 6.20. The number of hydrogen-bond donors (Lipinski definition) is 0. The molecular formula is C19H17NO5. The maximum atomic E-state index is 12.3. The van der Waals surface area contributed by atoms with E-state index in [2.05, 4.69) is 0 Å². The van der Waals surface area contributed by atoms with E-state index in [1.165, 1.54) is 0 Å². The molecule has 2 aromatic carbocycles. The summed E-state index contributed by atoms with van der Waals surface area (Å²) in [4.78, 5) is 30.0. The van der Waals surface area contributed by atoms with Crippen molar-refractivity contribution in [1.29, 1.82) is 0 Å². The van der Waals surface area contributed by atoms with Crippen LogP contribution in [0.1, 0.15) is 33.2 Å². The van der Waals surface area contributed by atoms with Crippen LogP contribution in [0.25, 0.3) is 0 Å². The lowest BCUT2D eigenvalue weighted by molar-refractivity contribution is -0.180. The fourth-order valence-corrected chi connectivity index (χ4v) is 3.05. The van der Waals surface area contributed by atoms with E-state index in [1.54, 1.807) is 24.3 Å². The van der Waals surface area contributed by atoms with Crippen LogP contribution in [-0.4, -0.2) is 36.2 Å². The molecule has 0 saturated carbocycles. The summed E-state index contributed by atoms with van der Waals surface area (Å²) in [5, 5.41) is 0.798. The van der Waals surface area contributed by atoms with Crippen LogP contribution in [0.5, 0.6) is 0 Å². The molecule has 2 unspecified atom stereocenters. The van der Waals surface area contributed by atoms with Gasteiger partial charge in [0.15, 0.2) is 5.79 Å². The smallest absolute Gasteiger partial charge is 0.285 e. The largest absolute Gasteiger partial charge is 0.343 e. The van der Waals surface area contributed by atoms with Crippen LogP contribution < -0.4 is 0 Å². The monoisotopic (exact) mass is 339 g/mol. The fraction of sp³-hybridized carbons (Fsp3) is 0.263. The summed E-state index contributed by atoms with van der Waals surface area (Å²) in [6.45, 7) is 2.20. The van der Waals surface area contributed by atoms with Gasteiger partial charge in [-0.05, 0) is 19.1 Å². The topological polar surface area (TPSA) is 65.1 Å². The van der Waals surface area contributed by atoms with E-state index < -0.39 is 17.6 Å². The molecule has 0 radical (unpaired) electrons. The van der Waals surface area contributed by atoms with Gasteiger partial charge in [-0.2, -0.15) is 0 Å². The molecule has 25 heavy (non-hydrogen) atoms. The van der Waals surface area contributed by atoms with E-state index in [9.17, 15) is 9.59 Å². The molecule has 1 fully saturated rings. The standard InChI is InChI=1S/C19H17NO5/c1-19(13-7-3-2-4-8-13)23-11-14(25-19)12-24-20-17(21)15-9-5-6-10-16(15)18(20)22/h2-10,14H,11-12H2,1H3. The van der Waals surface area contributed by atoms with Crippen LogP contribution in [0, 0.1) is 0 Å². The number of amides is 2. The van der Waals surface area contributed by atoms with Gasteiger partial charge >= 0.3 is 0 Å². The number of carbonyl (C=O) groups is 2. The zero-order chi connectivity index (χ0) is 17.4. The van der Waals surface area contributed by atoms with E-state index in [1.807, 2.05) is 37.3 Å². The van der Waals surface area contributed by atoms with Crippen molar-refractivity contribution >= 4 is 11.8 Å². The van der Waals surface area contributed by atoms with E-state index >= 15 is 0 Å². The summed E-state index contributed by atoms with van der Waals surface area (Å²) < 4.78 is 11.7. The number of carbonyl (C=O) groups excluding carboxylic acids is 2. The lowest BCUT2D eigenvalue weighted by Gasteiger charge is -2.24. The average molecular weight is 339 g/mol. The second kappa shape index (κ2) is 6.07. The van der Waals surface area contributed by atoms with Gasteiger partial charge in [0.05, 0.1) is 17.7 Å². The Hall–Kier alpha value is -2.54. The summed E-state index contributed by atoms with van der Waals surface area (Å²) in [5.74, 6) is -1.77. The van der Waals surface area contributed by atoms with Crippen molar-refractivity contribution in [2.75, 3.05) is 13.2 Å². The first-order valence-electron chi connectivity index (χ1n) is 8.06. The molecule has 2 heterocycles. The quantitative estimate of drug-likeness (QED) is 0.801. The van der Waals surface area contributed by atoms with Gasteiger partial charge in [0.1, 0.15) is 12.7 Å². The second-order valence-corrected chi connectivity index (χ2v) is 6.11. The minimum absolute atomic E-state index is 0.0495. The number of fused-ring (bicyclic) bond motifs is 1. The first kappa shape index (κ1) is 16.0. The van der Waals surface area contributed by atoms with Crippen LogP contribution in [0.2, 0.25) is 0 Å². The highest BCUT2D eigenvalue weighted by atomic mass is 16.8. The van der Waals surface area contributed by atoms with Crippen LogP contribution in [0.4, 0.5) is 0 Å². The van der Waals surface area contributed by atoms with Crippen molar-refractivity contribution in [2.45, 2.75) is 18.8 Å². The van der Waals surface area contributed by atoms with Crippen LogP contribution in [0.15, 0.2) is 54.6 Å². The van der Waals surface area contributed by atoms with Crippen LogP contribution in [-0.2, 0) is 20.1 Å². The fourth-order valence-electron chi connectivity index (χ4n) is 3.05. The highest BCUT2D eigenvalue weighted by Gasteiger charge is 2.41. The van der Waals surface area contributed by atoms with E-state index in [-0.39, 0.29) is 12.7 Å². The molecule has 4 rings (SSSR count). The second-order valence-electron chi connectivity index (χ2n) is 6.11. The molecular weight excluding hydrogens is 322 g/mol. The summed E-state index contributed by atoms with van der Waals surface area (Å²) in [5.41, 5.74) is 1.61. The van der Waals surface area contributed by atoms with E-state index in [0.29, 0.717) is 17.7 Å². The van der Waals surface area contributed by atoms with Crippen molar-refractivity contribution in [3.8, 4) is 0 Å². The zero-order valence-electron chi connectivity index (χ0n) is 13.7. The Morgan fingerprint density at radius 1 is 1.04 bits per heavy atom. The summed E-state index contributed by atoms with van der Waals surface area (Å²) >= 11 is 0. The molecule has 1 saturated heterocycles. The van der Waals surface area contributed by atoms with Gasteiger partial charge in [-0.15, -0.1) is 5.06 Å². The predicted molar refractivity (Wildman–Crippen MR) is 87.5 cm³/mol. The molecule has 0 aromatic heterocycles. The van der Waals surface area contributed by atoms with Gasteiger partial charge in [0.25, 0.3) is 11.8 Å². The zero-order valence-corrected chi connectivity index (χ0v) is 13.7. The summed E-state index contributed by atoms with van der Waals surface area (Å²) in [6.07, 6.45) is -0.380. The van der Waals surface area contributed by atoms with E-state index in [0.717, 1.165) is 10.6 Å². The Balaban J connectivity index is 1.41. The predicted octanol–water partition coefficient (Wildman–Crippen LogP) is 2.50. The number of ether oxygens (including phenoxy) is 2. The van der Waals surface area contributed by atoms with Gasteiger partial charge in [-0.1, -0.05) is 42.5 Å². The van der Waals surface area contributed by atoms with Crippen LogP contribution >= 0.6 is 0 Å². The van der Waals surface area contributed by atoms with Crippen molar-refractivity contribution in [3.63, 3.8) is 0 Å².